The summed E-state index contributed by atoms with van der Waals surface area (Å²) < 4.78 is 6.46. The Morgan fingerprint density at radius 2 is 2.14 bits per heavy atom. The molecule has 0 radical (unpaired) electrons. The zero-order valence-corrected chi connectivity index (χ0v) is 13.1. The Hall–Kier alpha value is -1.80. The Morgan fingerprint density at radius 3 is 2.71 bits per heavy atom. The van der Waals surface area contributed by atoms with Crippen molar-refractivity contribution in [1.82, 2.24) is 20.0 Å². The van der Waals surface area contributed by atoms with Gasteiger partial charge in [0.15, 0.2) is 5.69 Å². The second-order valence-electron chi connectivity index (χ2n) is 4.58. The molecule has 0 aliphatic carbocycles. The van der Waals surface area contributed by atoms with Crippen LogP contribution in [0, 0.1) is 13.8 Å². The summed E-state index contributed by atoms with van der Waals surface area (Å²) in [7, 11) is 1.32. The van der Waals surface area contributed by atoms with Gasteiger partial charge in [0, 0.05) is 13.2 Å². The molecule has 21 heavy (non-hydrogen) atoms. The Morgan fingerprint density at radius 1 is 1.38 bits per heavy atom. The molecule has 0 fully saturated rings. The lowest BCUT2D eigenvalue weighted by Crippen LogP contribution is -2.07. The number of carbonyl (C=O) groups excluding carboxylic acids is 1. The highest BCUT2D eigenvalue weighted by Gasteiger charge is 2.24. The third kappa shape index (κ3) is 3.27. The Labute approximate surface area is 126 Å². The number of rotatable bonds is 6. The first-order valence-electron chi connectivity index (χ1n) is 6.65. The van der Waals surface area contributed by atoms with Crippen molar-refractivity contribution in [3.8, 4) is 10.6 Å². The second-order valence-corrected chi connectivity index (χ2v) is 5.78. The molecule has 2 aromatic rings. The molecule has 0 bridgehead atoms. The first-order valence-corrected chi connectivity index (χ1v) is 7.47. The molecular weight excluding hydrogens is 292 g/mol. The van der Waals surface area contributed by atoms with Crippen LogP contribution in [0.2, 0.25) is 0 Å². The number of aliphatic hydroxyl groups excluding tert-OH is 1. The number of unbranched alkanes of at least 4 members (excludes halogenated alkanes) is 1. The highest BCUT2D eigenvalue weighted by molar-refractivity contribution is 7.15. The minimum Gasteiger partial charge on any atom is -0.464 e. The van der Waals surface area contributed by atoms with Crippen LogP contribution < -0.4 is 0 Å². The van der Waals surface area contributed by atoms with Gasteiger partial charge in [0.1, 0.15) is 5.69 Å². The standard InChI is InChI=1S/C13H18N4O3S/c1-8-12(21-9(2)14-8)11-10(13(19)20-3)15-16-17(11)6-4-5-7-18/h18H,4-7H2,1-3H3. The van der Waals surface area contributed by atoms with Crippen molar-refractivity contribution in [3.63, 3.8) is 0 Å². The van der Waals surface area contributed by atoms with E-state index in [0.29, 0.717) is 18.7 Å². The maximum Gasteiger partial charge on any atom is 0.360 e. The monoisotopic (exact) mass is 310 g/mol. The average molecular weight is 310 g/mol. The van der Waals surface area contributed by atoms with Gasteiger partial charge in [-0.2, -0.15) is 0 Å². The molecule has 0 spiro atoms. The van der Waals surface area contributed by atoms with E-state index < -0.39 is 5.97 Å². The predicted molar refractivity (Wildman–Crippen MR) is 78.3 cm³/mol. The van der Waals surface area contributed by atoms with Gasteiger partial charge in [-0.25, -0.2) is 14.5 Å². The molecule has 7 nitrogen and oxygen atoms in total. The molecule has 2 rings (SSSR count). The number of thiazole rings is 1. The van der Waals surface area contributed by atoms with Crippen LogP contribution in [0.4, 0.5) is 0 Å². The molecule has 0 saturated carbocycles. The summed E-state index contributed by atoms with van der Waals surface area (Å²) >= 11 is 1.50. The maximum absolute atomic E-state index is 11.9. The first-order chi connectivity index (χ1) is 10.1. The van der Waals surface area contributed by atoms with Crippen molar-refractivity contribution >= 4 is 17.3 Å². The molecule has 0 amide bonds. The topological polar surface area (TPSA) is 90.1 Å². The van der Waals surface area contributed by atoms with Crippen molar-refractivity contribution in [2.75, 3.05) is 13.7 Å². The molecule has 8 heteroatoms. The quantitative estimate of drug-likeness (QED) is 0.643. The number of aromatic nitrogens is 4. The molecule has 0 atom stereocenters. The van der Waals surface area contributed by atoms with Crippen LogP contribution in [-0.2, 0) is 11.3 Å². The summed E-state index contributed by atoms with van der Waals surface area (Å²) in [6.07, 6.45) is 1.43. The zero-order chi connectivity index (χ0) is 15.4. The lowest BCUT2D eigenvalue weighted by molar-refractivity contribution is 0.0595. The van der Waals surface area contributed by atoms with Crippen LogP contribution in [0.5, 0.6) is 0 Å². The van der Waals surface area contributed by atoms with Crippen LogP contribution in [-0.4, -0.2) is 44.8 Å². The van der Waals surface area contributed by atoms with Crippen LogP contribution >= 0.6 is 11.3 Å². The number of esters is 1. The van der Waals surface area contributed by atoms with Crippen molar-refractivity contribution < 1.29 is 14.6 Å². The van der Waals surface area contributed by atoms with E-state index in [0.717, 1.165) is 22.0 Å². The number of aryl methyl sites for hydroxylation is 3. The maximum atomic E-state index is 11.9. The van der Waals surface area contributed by atoms with Crippen molar-refractivity contribution in [2.24, 2.45) is 0 Å². The fraction of sp³-hybridized carbons (Fsp3) is 0.538. The lowest BCUT2D eigenvalue weighted by Gasteiger charge is -2.06. The summed E-state index contributed by atoms with van der Waals surface area (Å²) in [5.41, 5.74) is 1.68. The van der Waals surface area contributed by atoms with Gasteiger partial charge in [0.2, 0.25) is 0 Å². The van der Waals surface area contributed by atoms with E-state index in [1.807, 2.05) is 13.8 Å². The summed E-state index contributed by atoms with van der Waals surface area (Å²) in [5, 5.41) is 17.8. The zero-order valence-electron chi connectivity index (χ0n) is 12.3. The van der Waals surface area contributed by atoms with Crippen molar-refractivity contribution in [3.05, 3.63) is 16.4 Å². The SMILES string of the molecule is COC(=O)c1nnn(CCCCO)c1-c1sc(C)nc1C. The summed E-state index contributed by atoms with van der Waals surface area (Å²) in [6, 6.07) is 0. The number of aliphatic hydroxyl groups is 1. The van der Waals surface area contributed by atoms with Gasteiger partial charge in [0.05, 0.1) is 22.7 Å². The smallest absolute Gasteiger partial charge is 0.360 e. The third-order valence-electron chi connectivity index (χ3n) is 3.01. The molecule has 1 N–H and O–H groups in total. The second kappa shape index (κ2) is 6.77. The minimum absolute atomic E-state index is 0.132. The fourth-order valence-corrected chi connectivity index (χ4v) is 3.02. The van der Waals surface area contributed by atoms with E-state index in [2.05, 4.69) is 15.3 Å². The summed E-state index contributed by atoms with van der Waals surface area (Å²) in [4.78, 5) is 17.1. The highest BCUT2D eigenvalue weighted by atomic mass is 32.1. The van der Waals surface area contributed by atoms with Gasteiger partial charge in [-0.15, -0.1) is 16.4 Å². The number of nitrogens with zero attached hydrogens (tertiary/aromatic N) is 4. The van der Waals surface area contributed by atoms with Crippen LogP contribution in [0.1, 0.15) is 34.0 Å². The molecule has 0 unspecified atom stereocenters. The van der Waals surface area contributed by atoms with E-state index in [1.165, 1.54) is 18.4 Å². The van der Waals surface area contributed by atoms with Crippen molar-refractivity contribution in [2.45, 2.75) is 33.2 Å². The normalized spacial score (nSPS) is 10.9. The number of methoxy groups -OCH3 is 1. The van der Waals surface area contributed by atoms with Gasteiger partial charge < -0.3 is 9.84 Å². The minimum atomic E-state index is -0.510. The Balaban J connectivity index is 2.45. The van der Waals surface area contributed by atoms with E-state index >= 15 is 0 Å². The summed E-state index contributed by atoms with van der Waals surface area (Å²) in [5.74, 6) is -0.510. The van der Waals surface area contributed by atoms with Crippen LogP contribution in [0.25, 0.3) is 10.6 Å². The molecule has 114 valence electrons. The van der Waals surface area contributed by atoms with Crippen LogP contribution in [0.15, 0.2) is 0 Å². The average Bonchev–Trinajstić information content (AvgIpc) is 3.01. The van der Waals surface area contributed by atoms with Gasteiger partial charge in [-0.1, -0.05) is 5.21 Å². The van der Waals surface area contributed by atoms with E-state index in [-0.39, 0.29) is 12.3 Å². The van der Waals surface area contributed by atoms with Gasteiger partial charge in [-0.3, -0.25) is 0 Å². The third-order valence-corrected chi connectivity index (χ3v) is 4.09. The molecule has 0 aliphatic rings. The lowest BCUT2D eigenvalue weighted by atomic mass is 10.2. The Bertz CT molecular complexity index is 635. The van der Waals surface area contributed by atoms with Crippen molar-refractivity contribution in [1.29, 1.82) is 0 Å². The fourth-order valence-electron chi connectivity index (χ4n) is 2.05. The molecule has 2 heterocycles. The van der Waals surface area contributed by atoms with E-state index in [1.54, 1.807) is 4.68 Å². The van der Waals surface area contributed by atoms with Gasteiger partial charge in [-0.05, 0) is 26.7 Å². The predicted octanol–water partition coefficient (Wildman–Crippen LogP) is 1.58. The van der Waals surface area contributed by atoms with E-state index in [4.69, 9.17) is 9.84 Å². The number of carbonyl (C=O) groups is 1. The highest BCUT2D eigenvalue weighted by Crippen LogP contribution is 2.32. The molecule has 0 aromatic carbocycles. The summed E-state index contributed by atoms with van der Waals surface area (Å²) in [6.45, 7) is 4.52. The molecule has 0 saturated heterocycles. The van der Waals surface area contributed by atoms with Gasteiger partial charge in [0.25, 0.3) is 0 Å². The largest absolute Gasteiger partial charge is 0.464 e. The number of ether oxygens (including phenoxy) is 1. The molecule has 2 aromatic heterocycles. The molecular formula is C13H18N4O3S. The number of hydrogen-bond donors (Lipinski definition) is 1. The van der Waals surface area contributed by atoms with E-state index in [9.17, 15) is 4.79 Å². The first kappa shape index (κ1) is 15.6. The Kier molecular flexibility index (Phi) is 5.03. The van der Waals surface area contributed by atoms with Crippen LogP contribution in [0.3, 0.4) is 0 Å². The molecule has 0 aliphatic heterocycles. The van der Waals surface area contributed by atoms with Gasteiger partial charge >= 0.3 is 5.97 Å². The number of hydrogen-bond acceptors (Lipinski definition) is 7.